The lowest BCUT2D eigenvalue weighted by atomic mass is 10.2. The first-order valence-electron chi connectivity index (χ1n) is 9.20. The lowest BCUT2D eigenvalue weighted by Crippen LogP contribution is -2.24. The third-order valence-corrected chi connectivity index (χ3v) is 4.60. The van der Waals surface area contributed by atoms with E-state index in [1.807, 2.05) is 0 Å². The molecule has 1 amide bonds. The Bertz CT molecular complexity index is 1280. The van der Waals surface area contributed by atoms with Crippen LogP contribution in [0.5, 0.6) is 0 Å². The van der Waals surface area contributed by atoms with Gasteiger partial charge in [0, 0.05) is 12.7 Å². The maximum atomic E-state index is 12.8. The molecule has 0 atom stereocenters. The Morgan fingerprint density at radius 2 is 1.81 bits per heavy atom. The zero-order valence-corrected chi connectivity index (χ0v) is 16.9. The van der Waals surface area contributed by atoms with Crippen molar-refractivity contribution in [1.29, 1.82) is 5.26 Å². The van der Waals surface area contributed by atoms with Crippen molar-refractivity contribution in [3.05, 3.63) is 76.2 Å². The van der Waals surface area contributed by atoms with Crippen LogP contribution in [0.15, 0.2) is 64.5 Å². The van der Waals surface area contributed by atoms with E-state index in [0.29, 0.717) is 11.4 Å². The number of hydrazone groups is 1. The molecular formula is C21H17F3N6O2. The minimum atomic E-state index is -4.59. The van der Waals surface area contributed by atoms with Gasteiger partial charge in [-0.25, -0.2) is 4.68 Å². The molecule has 32 heavy (non-hydrogen) atoms. The quantitative estimate of drug-likeness (QED) is 0.467. The number of nitrogens with one attached hydrogen (secondary N) is 2. The number of alkyl halides is 3. The number of amides is 1. The van der Waals surface area contributed by atoms with E-state index in [1.54, 1.807) is 55.1 Å². The number of nitriles is 1. The fraction of sp³-hybridized carbons (Fsp3) is 0.143. The molecule has 11 heteroatoms. The molecule has 0 unspecified atom stereocenters. The molecule has 2 aromatic carbocycles. The van der Waals surface area contributed by atoms with Gasteiger partial charge < -0.3 is 5.32 Å². The lowest BCUT2D eigenvalue weighted by Gasteiger charge is -2.09. The first-order valence-corrected chi connectivity index (χ1v) is 9.20. The van der Waals surface area contributed by atoms with Crippen LogP contribution < -0.4 is 16.3 Å². The Kier molecular flexibility index (Phi) is 6.15. The number of halogens is 3. The van der Waals surface area contributed by atoms with E-state index in [1.165, 1.54) is 10.7 Å². The molecule has 0 aliphatic heterocycles. The average Bonchev–Trinajstić information content (AvgIpc) is 2.97. The van der Waals surface area contributed by atoms with E-state index in [2.05, 4.69) is 15.8 Å². The van der Waals surface area contributed by atoms with Gasteiger partial charge in [0.2, 0.25) is 5.71 Å². The largest absolute Gasteiger partial charge is 0.416 e. The molecule has 1 aromatic heterocycles. The maximum absolute atomic E-state index is 12.8. The molecule has 0 bridgehead atoms. The Morgan fingerprint density at radius 3 is 2.44 bits per heavy atom. The highest BCUT2D eigenvalue weighted by atomic mass is 19.4. The number of hydrogen-bond acceptors (Lipinski definition) is 5. The first kappa shape index (κ1) is 22.4. The first-order chi connectivity index (χ1) is 15.1. The Morgan fingerprint density at radius 1 is 1.12 bits per heavy atom. The number of benzene rings is 2. The fourth-order valence-corrected chi connectivity index (χ4v) is 2.90. The second kappa shape index (κ2) is 8.81. The molecule has 0 fully saturated rings. The lowest BCUT2D eigenvalue weighted by molar-refractivity contribution is -0.137. The van der Waals surface area contributed by atoms with Crippen molar-refractivity contribution in [2.75, 3.05) is 10.7 Å². The van der Waals surface area contributed by atoms with Gasteiger partial charge in [0.05, 0.1) is 16.9 Å². The molecule has 0 radical (unpaired) electrons. The van der Waals surface area contributed by atoms with Crippen LogP contribution in [0, 0.1) is 18.3 Å². The number of aromatic nitrogens is 2. The van der Waals surface area contributed by atoms with Crippen molar-refractivity contribution in [3.63, 3.8) is 0 Å². The van der Waals surface area contributed by atoms with Gasteiger partial charge in [0.25, 0.3) is 11.5 Å². The molecular weight excluding hydrogens is 425 g/mol. The highest BCUT2D eigenvalue weighted by Crippen LogP contribution is 2.30. The predicted octanol–water partition coefficient (Wildman–Crippen LogP) is 3.43. The summed E-state index contributed by atoms with van der Waals surface area (Å²) in [4.78, 5) is 25.1. The highest BCUT2D eigenvalue weighted by molar-refractivity contribution is 6.48. The second-order valence-corrected chi connectivity index (χ2v) is 6.65. The van der Waals surface area contributed by atoms with Crippen LogP contribution in [0.25, 0.3) is 5.69 Å². The van der Waals surface area contributed by atoms with Gasteiger partial charge in [-0.3, -0.25) is 19.7 Å². The Labute approximate surface area is 180 Å². The van der Waals surface area contributed by atoms with Gasteiger partial charge in [-0.05, 0) is 37.3 Å². The van der Waals surface area contributed by atoms with E-state index in [9.17, 15) is 28.0 Å². The number of anilines is 2. The van der Waals surface area contributed by atoms with Crippen molar-refractivity contribution >= 4 is 23.0 Å². The van der Waals surface area contributed by atoms with Crippen molar-refractivity contribution in [2.45, 2.75) is 13.1 Å². The van der Waals surface area contributed by atoms with Crippen LogP contribution >= 0.6 is 0 Å². The highest BCUT2D eigenvalue weighted by Gasteiger charge is 2.30. The minimum Gasteiger partial charge on any atom is -0.320 e. The molecule has 164 valence electrons. The summed E-state index contributed by atoms with van der Waals surface area (Å²) in [5.74, 6) is -1.03. The predicted molar refractivity (Wildman–Crippen MR) is 112 cm³/mol. The third-order valence-electron chi connectivity index (χ3n) is 4.60. The summed E-state index contributed by atoms with van der Waals surface area (Å²) in [6, 6.07) is 14.3. The molecule has 0 aliphatic rings. The fourth-order valence-electron chi connectivity index (χ4n) is 2.90. The molecule has 0 aliphatic carbocycles. The summed E-state index contributed by atoms with van der Waals surface area (Å²) >= 11 is 0. The zero-order valence-electron chi connectivity index (χ0n) is 16.9. The number of rotatable bonds is 5. The normalized spacial score (nSPS) is 11.7. The molecule has 8 nitrogen and oxygen atoms in total. The number of nitrogens with zero attached hydrogens (tertiary/aromatic N) is 4. The average molecular weight is 442 g/mol. The second-order valence-electron chi connectivity index (χ2n) is 6.65. The van der Waals surface area contributed by atoms with Gasteiger partial charge in [-0.1, -0.05) is 24.3 Å². The van der Waals surface area contributed by atoms with Crippen molar-refractivity contribution in [1.82, 2.24) is 9.36 Å². The number of carbonyl (C=O) groups excluding carboxylic acids is 1. The van der Waals surface area contributed by atoms with Crippen molar-refractivity contribution in [3.8, 4) is 11.8 Å². The van der Waals surface area contributed by atoms with Gasteiger partial charge in [-0.15, -0.1) is 0 Å². The molecule has 0 saturated heterocycles. The number of carbonyl (C=O) groups is 1. The summed E-state index contributed by atoms with van der Waals surface area (Å²) < 4.78 is 41.5. The van der Waals surface area contributed by atoms with E-state index in [4.69, 9.17) is 0 Å². The molecule has 2 N–H and O–H groups in total. The standard InChI is InChI=1S/C21H17F3N6O2/c1-13-18(20(32)30(29(13)2)16-9-4-3-5-10-16)28-27-17(12-25)19(31)26-15-8-6-7-14(11-15)21(22,23)24/h3-11,28H,1-2H3,(H,26,31)/b27-17+. The number of para-hydroxylation sites is 1. The van der Waals surface area contributed by atoms with Crippen molar-refractivity contribution < 1.29 is 18.0 Å². The van der Waals surface area contributed by atoms with Crippen LogP contribution in [-0.4, -0.2) is 21.0 Å². The maximum Gasteiger partial charge on any atom is 0.416 e. The smallest absolute Gasteiger partial charge is 0.320 e. The molecule has 3 aromatic rings. The summed E-state index contributed by atoms with van der Waals surface area (Å²) in [6.45, 7) is 1.65. The van der Waals surface area contributed by atoms with E-state index < -0.39 is 28.9 Å². The monoisotopic (exact) mass is 442 g/mol. The minimum absolute atomic E-state index is 0.0379. The van der Waals surface area contributed by atoms with Crippen LogP contribution in [0.3, 0.4) is 0 Å². The van der Waals surface area contributed by atoms with E-state index in [-0.39, 0.29) is 11.4 Å². The van der Waals surface area contributed by atoms with Crippen LogP contribution in [-0.2, 0) is 18.0 Å². The summed E-state index contributed by atoms with van der Waals surface area (Å²) in [6.07, 6.45) is -4.59. The van der Waals surface area contributed by atoms with Crippen molar-refractivity contribution in [2.24, 2.45) is 12.1 Å². The van der Waals surface area contributed by atoms with Crippen LogP contribution in [0.4, 0.5) is 24.5 Å². The van der Waals surface area contributed by atoms with Gasteiger partial charge in [-0.2, -0.15) is 23.5 Å². The zero-order chi connectivity index (χ0) is 23.5. The van der Waals surface area contributed by atoms with E-state index >= 15 is 0 Å². The van der Waals surface area contributed by atoms with Gasteiger partial charge >= 0.3 is 6.18 Å². The molecule has 0 spiro atoms. The SMILES string of the molecule is Cc1c(N/N=C(\C#N)C(=O)Nc2cccc(C(F)(F)F)c2)c(=O)n(-c2ccccc2)n1C. The van der Waals surface area contributed by atoms with Crippen LogP contribution in [0.1, 0.15) is 11.3 Å². The third kappa shape index (κ3) is 4.54. The van der Waals surface area contributed by atoms with Gasteiger partial charge in [0.15, 0.2) is 0 Å². The van der Waals surface area contributed by atoms with Crippen LogP contribution in [0.2, 0.25) is 0 Å². The Balaban J connectivity index is 1.85. The number of hydrogen-bond donors (Lipinski definition) is 2. The molecule has 0 saturated carbocycles. The summed E-state index contributed by atoms with van der Waals surface area (Å²) in [5.41, 5.74) is 1.31. The Hall–Kier alpha value is -4.33. The summed E-state index contributed by atoms with van der Waals surface area (Å²) in [7, 11) is 1.66. The topological polar surface area (TPSA) is 104 Å². The summed E-state index contributed by atoms with van der Waals surface area (Å²) in [5, 5.41) is 15.1. The van der Waals surface area contributed by atoms with E-state index in [0.717, 1.165) is 18.2 Å². The molecule has 1 heterocycles. The van der Waals surface area contributed by atoms with Gasteiger partial charge in [0.1, 0.15) is 11.8 Å². The molecule has 3 rings (SSSR count).